The number of hydrogen-bond acceptors (Lipinski definition) is 5. The molecule has 1 atom stereocenters. The molecule has 2 heterocycles. The number of nitrogens with two attached hydrogens (primary N) is 1. The molecule has 3 N–H and O–H groups in total. The number of H-pyrrole nitrogens is 1. The van der Waals surface area contributed by atoms with E-state index in [2.05, 4.69) is 15.2 Å². The maximum atomic E-state index is 12.4. The molecule has 1 saturated heterocycles. The first-order valence-corrected chi connectivity index (χ1v) is 8.33. The second-order valence-corrected chi connectivity index (χ2v) is 6.39. The Morgan fingerprint density at radius 3 is 2.91 bits per heavy atom. The van der Waals surface area contributed by atoms with Crippen molar-refractivity contribution in [3.05, 3.63) is 41.7 Å². The van der Waals surface area contributed by atoms with Crippen LogP contribution in [0.2, 0.25) is 0 Å². The number of aromatic amines is 1. The maximum absolute atomic E-state index is 12.4. The van der Waals surface area contributed by atoms with E-state index in [-0.39, 0.29) is 11.9 Å². The third kappa shape index (κ3) is 3.66. The highest BCUT2D eigenvalue weighted by atomic mass is 32.2. The number of carbonyl (C=O) groups is 1. The first-order valence-electron chi connectivity index (χ1n) is 7.34. The number of likely N-dealkylation sites (tertiary alicyclic amines) is 1. The van der Waals surface area contributed by atoms with Crippen molar-refractivity contribution in [1.29, 1.82) is 0 Å². The van der Waals surface area contributed by atoms with Gasteiger partial charge in [-0.1, -0.05) is 23.9 Å². The van der Waals surface area contributed by atoms with Crippen LogP contribution in [0.5, 0.6) is 0 Å². The molecule has 3 rings (SSSR count). The number of piperidine rings is 1. The van der Waals surface area contributed by atoms with Gasteiger partial charge in [-0.15, -0.1) is 0 Å². The van der Waals surface area contributed by atoms with Gasteiger partial charge in [0, 0.05) is 30.4 Å². The Balaban J connectivity index is 1.59. The van der Waals surface area contributed by atoms with Gasteiger partial charge in [0.15, 0.2) is 5.16 Å². The molecule has 1 aromatic carbocycles. The minimum atomic E-state index is 0.0737. The zero-order valence-corrected chi connectivity index (χ0v) is 13.1. The largest absolute Gasteiger partial charge is 0.337 e. The Hall–Kier alpha value is -1.86. The fourth-order valence-corrected chi connectivity index (χ4v) is 3.27. The summed E-state index contributed by atoms with van der Waals surface area (Å²) in [5.74, 6) is 0.864. The summed E-state index contributed by atoms with van der Waals surface area (Å²) in [4.78, 5) is 18.4. The van der Waals surface area contributed by atoms with Gasteiger partial charge in [-0.25, -0.2) is 4.98 Å². The van der Waals surface area contributed by atoms with E-state index in [1.165, 1.54) is 6.33 Å². The highest BCUT2D eigenvalue weighted by Gasteiger charge is 2.22. The average molecular weight is 317 g/mol. The molecule has 2 aromatic rings. The number of nitrogens with zero attached hydrogens (tertiary/aromatic N) is 3. The highest BCUT2D eigenvalue weighted by Crippen LogP contribution is 2.19. The van der Waals surface area contributed by atoms with Gasteiger partial charge in [0.05, 0.1) is 0 Å². The van der Waals surface area contributed by atoms with Crippen LogP contribution >= 0.6 is 11.8 Å². The molecule has 0 saturated carbocycles. The van der Waals surface area contributed by atoms with E-state index in [9.17, 15) is 4.79 Å². The second kappa shape index (κ2) is 6.93. The lowest BCUT2D eigenvalue weighted by molar-refractivity contribution is 0.0709. The van der Waals surface area contributed by atoms with Crippen LogP contribution in [0, 0.1) is 0 Å². The van der Waals surface area contributed by atoms with Gasteiger partial charge in [0.1, 0.15) is 6.33 Å². The quantitative estimate of drug-likeness (QED) is 0.837. The van der Waals surface area contributed by atoms with Gasteiger partial charge < -0.3 is 10.6 Å². The number of aromatic nitrogens is 3. The van der Waals surface area contributed by atoms with E-state index in [1.807, 2.05) is 29.2 Å². The van der Waals surface area contributed by atoms with E-state index in [0.717, 1.165) is 41.4 Å². The second-order valence-electron chi connectivity index (χ2n) is 5.43. The number of benzene rings is 1. The molecule has 1 aromatic heterocycles. The zero-order valence-electron chi connectivity index (χ0n) is 12.2. The Morgan fingerprint density at radius 2 is 2.23 bits per heavy atom. The first kappa shape index (κ1) is 15.1. The minimum Gasteiger partial charge on any atom is -0.337 e. The summed E-state index contributed by atoms with van der Waals surface area (Å²) in [6.45, 7) is 1.46. The first-order chi connectivity index (χ1) is 10.7. The van der Waals surface area contributed by atoms with Crippen LogP contribution in [0.1, 0.15) is 28.8 Å². The molecule has 22 heavy (non-hydrogen) atoms. The molecule has 0 spiro atoms. The predicted octanol–water partition coefficient (Wildman–Crippen LogP) is 1.66. The van der Waals surface area contributed by atoms with Crippen LogP contribution in [0.25, 0.3) is 0 Å². The molecule has 0 bridgehead atoms. The summed E-state index contributed by atoms with van der Waals surface area (Å²) < 4.78 is 0. The highest BCUT2D eigenvalue weighted by molar-refractivity contribution is 7.98. The van der Waals surface area contributed by atoms with Gasteiger partial charge in [-0.2, -0.15) is 5.10 Å². The van der Waals surface area contributed by atoms with E-state index < -0.39 is 0 Å². The Labute approximate surface area is 133 Å². The number of carbonyl (C=O) groups excluding carboxylic acids is 1. The van der Waals surface area contributed by atoms with Crippen molar-refractivity contribution in [2.75, 3.05) is 13.1 Å². The van der Waals surface area contributed by atoms with E-state index in [1.54, 1.807) is 11.8 Å². The predicted molar refractivity (Wildman–Crippen MR) is 85.5 cm³/mol. The summed E-state index contributed by atoms with van der Waals surface area (Å²) in [6, 6.07) is 7.86. The number of amides is 1. The van der Waals surface area contributed by atoms with Crippen LogP contribution in [-0.2, 0) is 5.75 Å². The Kier molecular flexibility index (Phi) is 4.74. The van der Waals surface area contributed by atoms with Crippen LogP contribution < -0.4 is 5.73 Å². The summed E-state index contributed by atoms with van der Waals surface area (Å²) in [6.07, 6.45) is 3.48. The Bertz CT molecular complexity index is 613. The van der Waals surface area contributed by atoms with Gasteiger partial charge in [-0.05, 0) is 30.5 Å². The molecule has 116 valence electrons. The van der Waals surface area contributed by atoms with Crippen molar-refractivity contribution in [1.82, 2.24) is 20.1 Å². The molecule has 6 nitrogen and oxygen atoms in total. The zero-order chi connectivity index (χ0) is 15.4. The summed E-state index contributed by atoms with van der Waals surface area (Å²) in [5.41, 5.74) is 7.81. The lowest BCUT2D eigenvalue weighted by Gasteiger charge is -2.30. The molecule has 1 fully saturated rings. The van der Waals surface area contributed by atoms with Crippen molar-refractivity contribution in [3.63, 3.8) is 0 Å². The number of rotatable bonds is 4. The molecule has 1 amide bonds. The topological polar surface area (TPSA) is 87.9 Å². The molecular weight excluding hydrogens is 298 g/mol. The van der Waals surface area contributed by atoms with E-state index in [0.29, 0.717) is 6.54 Å². The maximum Gasteiger partial charge on any atom is 0.253 e. The normalized spacial score (nSPS) is 18.4. The van der Waals surface area contributed by atoms with Gasteiger partial charge >= 0.3 is 0 Å². The number of thioether (sulfide) groups is 1. The average Bonchev–Trinajstić information content (AvgIpc) is 3.06. The fourth-order valence-electron chi connectivity index (χ4n) is 2.54. The fraction of sp³-hybridized carbons (Fsp3) is 0.400. The van der Waals surface area contributed by atoms with E-state index >= 15 is 0 Å². The SMILES string of the molecule is NC1CCCN(C(=O)c2ccc(CSc3ncn[nH]3)cc2)C1. The Morgan fingerprint density at radius 1 is 1.41 bits per heavy atom. The number of nitrogens with one attached hydrogen (secondary N) is 1. The standard InChI is InChI=1S/C15H19N5OS/c16-13-2-1-7-20(8-13)14(21)12-5-3-11(4-6-12)9-22-15-17-10-18-19-15/h3-6,10,13H,1-2,7-9,16H2,(H,17,18,19). The number of hydrogen-bond donors (Lipinski definition) is 2. The smallest absolute Gasteiger partial charge is 0.253 e. The lowest BCUT2D eigenvalue weighted by Crippen LogP contribution is -2.45. The summed E-state index contributed by atoms with van der Waals surface area (Å²) in [7, 11) is 0. The lowest BCUT2D eigenvalue weighted by atomic mass is 10.0. The van der Waals surface area contributed by atoms with Gasteiger partial charge in [-0.3, -0.25) is 9.89 Å². The molecular formula is C15H19N5OS. The van der Waals surface area contributed by atoms with Crippen molar-refractivity contribution < 1.29 is 4.79 Å². The molecule has 0 radical (unpaired) electrons. The molecule has 0 aliphatic carbocycles. The third-order valence-corrected chi connectivity index (χ3v) is 4.66. The summed E-state index contributed by atoms with van der Waals surface area (Å²) in [5, 5.41) is 7.42. The summed E-state index contributed by atoms with van der Waals surface area (Å²) >= 11 is 1.58. The van der Waals surface area contributed by atoms with Crippen LogP contribution in [0.15, 0.2) is 35.7 Å². The monoisotopic (exact) mass is 317 g/mol. The minimum absolute atomic E-state index is 0.0737. The van der Waals surface area contributed by atoms with E-state index in [4.69, 9.17) is 5.73 Å². The van der Waals surface area contributed by atoms with Crippen molar-refractivity contribution in [2.24, 2.45) is 5.73 Å². The van der Waals surface area contributed by atoms with Crippen LogP contribution in [0.4, 0.5) is 0 Å². The van der Waals surface area contributed by atoms with Crippen LogP contribution in [-0.4, -0.2) is 45.1 Å². The third-order valence-electron chi connectivity index (χ3n) is 3.71. The van der Waals surface area contributed by atoms with Gasteiger partial charge in [0.2, 0.25) is 0 Å². The van der Waals surface area contributed by atoms with Crippen molar-refractivity contribution in [2.45, 2.75) is 29.8 Å². The molecule has 1 unspecified atom stereocenters. The van der Waals surface area contributed by atoms with Crippen molar-refractivity contribution in [3.8, 4) is 0 Å². The van der Waals surface area contributed by atoms with Gasteiger partial charge in [0.25, 0.3) is 5.91 Å². The molecule has 1 aliphatic rings. The molecule has 7 heteroatoms. The molecule has 1 aliphatic heterocycles. The van der Waals surface area contributed by atoms with Crippen LogP contribution in [0.3, 0.4) is 0 Å². The van der Waals surface area contributed by atoms with Crippen molar-refractivity contribution >= 4 is 17.7 Å².